The Hall–Kier alpha value is -1.99. The lowest BCUT2D eigenvalue weighted by Crippen LogP contribution is -2.37. The predicted molar refractivity (Wildman–Crippen MR) is 107 cm³/mol. The number of carbonyl (C=O) groups is 2. The van der Waals surface area contributed by atoms with Gasteiger partial charge in [0.05, 0.1) is 28.4 Å². The quantitative estimate of drug-likeness (QED) is 0.682. The van der Waals surface area contributed by atoms with Crippen LogP contribution in [0, 0.1) is 0 Å². The summed E-state index contributed by atoms with van der Waals surface area (Å²) in [5, 5.41) is 1.10. The van der Waals surface area contributed by atoms with Gasteiger partial charge in [0, 0.05) is 32.6 Å². The van der Waals surface area contributed by atoms with Gasteiger partial charge in [0.1, 0.15) is 0 Å². The summed E-state index contributed by atoms with van der Waals surface area (Å²) < 4.78 is 6.21. The van der Waals surface area contributed by atoms with Gasteiger partial charge in [-0.05, 0) is 38.3 Å². The Morgan fingerprint density at radius 3 is 2.85 bits per heavy atom. The molecule has 1 aliphatic rings. The third kappa shape index (κ3) is 5.74. The lowest BCUT2D eigenvalue weighted by Gasteiger charge is -2.21. The van der Waals surface area contributed by atoms with Crippen LogP contribution in [0.2, 0.25) is 0 Å². The van der Waals surface area contributed by atoms with E-state index in [1.807, 2.05) is 30.0 Å². The van der Waals surface area contributed by atoms with E-state index in [-0.39, 0.29) is 11.9 Å². The zero-order valence-electron chi connectivity index (χ0n) is 15.9. The van der Waals surface area contributed by atoms with E-state index in [0.717, 1.165) is 49.4 Å². The Morgan fingerprint density at radius 1 is 1.19 bits per heavy atom. The molecule has 2 heterocycles. The lowest BCUT2D eigenvalue weighted by atomic mass is 10.2. The summed E-state index contributed by atoms with van der Waals surface area (Å²) in [6, 6.07) is 8.14. The zero-order valence-corrected chi connectivity index (χ0v) is 16.7. The molecule has 1 fully saturated rings. The minimum absolute atomic E-state index is 0.187. The van der Waals surface area contributed by atoms with Crippen LogP contribution in [-0.2, 0) is 20.7 Å². The maximum atomic E-state index is 12.5. The molecule has 0 radical (unpaired) electrons. The Morgan fingerprint density at radius 2 is 2.04 bits per heavy atom. The molecular formula is C20H27N3O3S. The summed E-state index contributed by atoms with van der Waals surface area (Å²) in [6.07, 6.45) is 3.10. The number of benzene rings is 1. The van der Waals surface area contributed by atoms with Gasteiger partial charge in [-0.25, -0.2) is 4.98 Å². The van der Waals surface area contributed by atoms with Gasteiger partial charge in [-0.15, -0.1) is 11.3 Å². The topological polar surface area (TPSA) is 62.7 Å². The molecule has 1 aliphatic heterocycles. The Labute approximate surface area is 164 Å². The molecule has 0 spiro atoms. The fraction of sp³-hybridized carbons (Fsp3) is 0.550. The molecular weight excluding hydrogens is 362 g/mol. The van der Waals surface area contributed by atoms with Gasteiger partial charge in [0.2, 0.25) is 5.91 Å². The zero-order chi connectivity index (χ0) is 19.1. The van der Waals surface area contributed by atoms with Crippen molar-refractivity contribution in [2.45, 2.75) is 32.6 Å². The largest absolute Gasteiger partial charge is 0.465 e. The highest BCUT2D eigenvalue weighted by Crippen LogP contribution is 2.22. The van der Waals surface area contributed by atoms with Crippen LogP contribution in [0.4, 0.5) is 0 Å². The van der Waals surface area contributed by atoms with Crippen molar-refractivity contribution >= 4 is 33.4 Å². The number of ether oxygens (including phenoxy) is 1. The van der Waals surface area contributed by atoms with Crippen molar-refractivity contribution in [3.05, 3.63) is 29.3 Å². The number of fused-ring (bicyclic) bond motifs is 1. The monoisotopic (exact) mass is 389 g/mol. The molecule has 1 aromatic carbocycles. The first-order valence-electron chi connectivity index (χ1n) is 9.66. The maximum Gasteiger partial charge on any atom is 0.320 e. The van der Waals surface area contributed by atoms with E-state index in [2.05, 4.69) is 16.0 Å². The molecule has 2 aromatic rings. The molecule has 3 rings (SSSR count). The number of esters is 1. The molecule has 0 atom stereocenters. The fourth-order valence-electron chi connectivity index (χ4n) is 3.34. The van der Waals surface area contributed by atoms with Gasteiger partial charge in [0.15, 0.2) is 0 Å². The van der Waals surface area contributed by atoms with Gasteiger partial charge in [-0.2, -0.15) is 0 Å². The van der Waals surface area contributed by atoms with Gasteiger partial charge in [-0.3, -0.25) is 14.5 Å². The molecule has 7 heteroatoms. The summed E-state index contributed by atoms with van der Waals surface area (Å²) in [6.45, 7) is 5.53. The summed E-state index contributed by atoms with van der Waals surface area (Å²) in [5.41, 5.74) is 1.04. The average molecular weight is 390 g/mol. The minimum Gasteiger partial charge on any atom is -0.465 e. The normalized spacial score (nSPS) is 15.7. The number of carbonyl (C=O) groups excluding carboxylic acids is 2. The van der Waals surface area contributed by atoms with Gasteiger partial charge < -0.3 is 9.64 Å². The van der Waals surface area contributed by atoms with Crippen molar-refractivity contribution in [1.82, 2.24) is 14.8 Å². The van der Waals surface area contributed by atoms with Crippen molar-refractivity contribution in [3.63, 3.8) is 0 Å². The van der Waals surface area contributed by atoms with E-state index in [9.17, 15) is 9.59 Å². The molecule has 0 saturated carbocycles. The van der Waals surface area contributed by atoms with Crippen molar-refractivity contribution in [2.24, 2.45) is 0 Å². The number of hydrogen-bond donors (Lipinski definition) is 0. The second kappa shape index (κ2) is 9.80. The third-order valence-corrected chi connectivity index (χ3v) is 5.81. The molecule has 0 bridgehead atoms. The van der Waals surface area contributed by atoms with Crippen LogP contribution in [0.25, 0.3) is 10.2 Å². The third-order valence-electron chi connectivity index (χ3n) is 4.72. The SMILES string of the molecule is CCOC(=O)CN1CCCN(C(=O)CCCc2nc3ccccc3s2)CC1. The van der Waals surface area contributed by atoms with Crippen molar-refractivity contribution < 1.29 is 14.3 Å². The molecule has 27 heavy (non-hydrogen) atoms. The second-order valence-corrected chi connectivity index (χ2v) is 7.86. The van der Waals surface area contributed by atoms with E-state index < -0.39 is 0 Å². The highest BCUT2D eigenvalue weighted by atomic mass is 32.1. The first kappa shape index (κ1) is 19.8. The summed E-state index contributed by atoms with van der Waals surface area (Å²) >= 11 is 1.71. The molecule has 1 amide bonds. The Balaban J connectivity index is 1.42. The smallest absolute Gasteiger partial charge is 0.320 e. The second-order valence-electron chi connectivity index (χ2n) is 6.74. The van der Waals surface area contributed by atoms with E-state index in [4.69, 9.17) is 4.74 Å². The maximum absolute atomic E-state index is 12.5. The van der Waals surface area contributed by atoms with Crippen molar-refractivity contribution in [2.75, 3.05) is 39.3 Å². The standard InChI is InChI=1S/C20H27N3O3S/c1-2-26-20(25)15-22-11-6-12-23(14-13-22)19(24)10-5-9-18-21-16-7-3-4-8-17(16)27-18/h3-4,7-8H,2,5-6,9-15H2,1H3. The predicted octanol–water partition coefficient (Wildman–Crippen LogP) is 2.72. The van der Waals surface area contributed by atoms with Crippen LogP contribution in [0.15, 0.2) is 24.3 Å². The van der Waals surface area contributed by atoms with Gasteiger partial charge >= 0.3 is 5.97 Å². The van der Waals surface area contributed by atoms with Crippen LogP contribution < -0.4 is 0 Å². The molecule has 1 aromatic heterocycles. The number of thiazole rings is 1. The minimum atomic E-state index is -0.187. The van der Waals surface area contributed by atoms with E-state index >= 15 is 0 Å². The number of aryl methyl sites for hydroxylation is 1. The fourth-order valence-corrected chi connectivity index (χ4v) is 4.35. The van der Waals surface area contributed by atoms with Crippen LogP contribution in [0.1, 0.15) is 31.2 Å². The molecule has 1 saturated heterocycles. The number of nitrogens with zero attached hydrogens (tertiary/aromatic N) is 3. The number of amides is 1. The molecule has 0 N–H and O–H groups in total. The van der Waals surface area contributed by atoms with E-state index in [1.54, 1.807) is 11.3 Å². The number of rotatable bonds is 7. The van der Waals surface area contributed by atoms with Crippen LogP contribution in [-0.4, -0.2) is 66.0 Å². The van der Waals surface area contributed by atoms with E-state index in [0.29, 0.717) is 26.1 Å². The summed E-state index contributed by atoms with van der Waals surface area (Å²) in [7, 11) is 0. The van der Waals surface area contributed by atoms with Crippen molar-refractivity contribution in [3.8, 4) is 0 Å². The first-order valence-corrected chi connectivity index (χ1v) is 10.5. The van der Waals surface area contributed by atoms with Crippen LogP contribution >= 0.6 is 11.3 Å². The van der Waals surface area contributed by atoms with Crippen LogP contribution in [0.3, 0.4) is 0 Å². The number of para-hydroxylation sites is 1. The highest BCUT2D eigenvalue weighted by Gasteiger charge is 2.20. The first-order chi connectivity index (χ1) is 13.2. The molecule has 146 valence electrons. The van der Waals surface area contributed by atoms with Crippen molar-refractivity contribution in [1.29, 1.82) is 0 Å². The highest BCUT2D eigenvalue weighted by molar-refractivity contribution is 7.18. The summed E-state index contributed by atoms with van der Waals surface area (Å²) in [4.78, 5) is 32.8. The van der Waals surface area contributed by atoms with Crippen LogP contribution in [0.5, 0.6) is 0 Å². The number of aromatic nitrogens is 1. The molecule has 6 nitrogen and oxygen atoms in total. The molecule has 0 aliphatic carbocycles. The number of hydrogen-bond acceptors (Lipinski definition) is 6. The van der Waals surface area contributed by atoms with E-state index in [1.165, 1.54) is 4.70 Å². The lowest BCUT2D eigenvalue weighted by molar-refractivity contribution is -0.144. The van der Waals surface area contributed by atoms with Gasteiger partial charge in [0.25, 0.3) is 0 Å². The molecule has 0 unspecified atom stereocenters. The van der Waals surface area contributed by atoms with Gasteiger partial charge in [-0.1, -0.05) is 12.1 Å². The summed E-state index contributed by atoms with van der Waals surface area (Å²) in [5.74, 6) is 0.0159. The Bertz CT molecular complexity index is 744. The average Bonchev–Trinajstić information content (AvgIpc) is 2.92. The Kier molecular flexibility index (Phi) is 7.18.